The number of hydrogen-bond acceptors (Lipinski definition) is 2. The molecule has 0 amide bonds. The first-order valence-corrected chi connectivity index (χ1v) is 5.27. The van der Waals surface area contributed by atoms with Crippen LogP contribution in [0, 0.1) is 12.3 Å². The fourth-order valence-electron chi connectivity index (χ4n) is 1.29. The second kappa shape index (κ2) is 6.78. The Morgan fingerprint density at radius 2 is 2.33 bits per heavy atom. The lowest BCUT2D eigenvalue weighted by molar-refractivity contribution is 0.340. The smallest absolute Gasteiger partial charge is 0.121 e. The van der Waals surface area contributed by atoms with Crippen LogP contribution in [0.4, 0.5) is 5.69 Å². The third-order valence-corrected chi connectivity index (χ3v) is 1.97. The van der Waals surface area contributed by atoms with Crippen LogP contribution in [0.25, 0.3) is 0 Å². The largest absolute Gasteiger partial charge is 0.494 e. The minimum atomic E-state index is 0.695. The Morgan fingerprint density at radius 3 is 3.07 bits per heavy atom. The minimum Gasteiger partial charge on any atom is -0.494 e. The molecule has 80 valence electrons. The molecular weight excluding hydrogens is 186 g/mol. The molecule has 0 radical (unpaired) electrons. The van der Waals surface area contributed by atoms with Crippen molar-refractivity contribution in [3.8, 4) is 18.1 Å². The number of hydrogen-bond donors (Lipinski definition) is 1. The summed E-state index contributed by atoms with van der Waals surface area (Å²) in [6.07, 6.45) is 6.99. The highest BCUT2D eigenvalue weighted by atomic mass is 16.5. The van der Waals surface area contributed by atoms with Gasteiger partial charge in [-0.05, 0) is 25.5 Å². The molecule has 0 aliphatic rings. The predicted octanol–water partition coefficient (Wildman–Crippen LogP) is 2.91. The van der Waals surface area contributed by atoms with Crippen molar-refractivity contribution in [2.45, 2.75) is 19.8 Å². The summed E-state index contributed by atoms with van der Waals surface area (Å²) in [4.78, 5) is 0. The SMILES string of the molecule is C#CCCCNc1cccc(OCC)c1. The maximum Gasteiger partial charge on any atom is 0.121 e. The van der Waals surface area contributed by atoms with Crippen molar-refractivity contribution in [3.63, 3.8) is 0 Å². The number of rotatable bonds is 6. The third kappa shape index (κ3) is 4.42. The van der Waals surface area contributed by atoms with Gasteiger partial charge in [-0.3, -0.25) is 0 Å². The Hall–Kier alpha value is -1.62. The van der Waals surface area contributed by atoms with Gasteiger partial charge in [-0.25, -0.2) is 0 Å². The van der Waals surface area contributed by atoms with Crippen molar-refractivity contribution < 1.29 is 4.74 Å². The monoisotopic (exact) mass is 203 g/mol. The average Bonchev–Trinajstić information content (AvgIpc) is 2.26. The Labute approximate surface area is 91.6 Å². The second-order valence-electron chi connectivity index (χ2n) is 3.20. The predicted molar refractivity (Wildman–Crippen MR) is 64.2 cm³/mol. The van der Waals surface area contributed by atoms with Gasteiger partial charge in [-0.2, -0.15) is 0 Å². The molecule has 0 aromatic heterocycles. The molecule has 0 saturated carbocycles. The van der Waals surface area contributed by atoms with E-state index in [-0.39, 0.29) is 0 Å². The topological polar surface area (TPSA) is 21.3 Å². The van der Waals surface area contributed by atoms with Crippen molar-refractivity contribution in [2.75, 3.05) is 18.5 Å². The third-order valence-electron chi connectivity index (χ3n) is 1.97. The molecule has 1 aromatic carbocycles. The van der Waals surface area contributed by atoms with Crippen LogP contribution in [0.15, 0.2) is 24.3 Å². The first-order chi connectivity index (χ1) is 7.36. The van der Waals surface area contributed by atoms with E-state index in [1.165, 1.54) is 0 Å². The first-order valence-electron chi connectivity index (χ1n) is 5.27. The molecule has 0 aliphatic heterocycles. The van der Waals surface area contributed by atoms with Gasteiger partial charge in [0, 0.05) is 24.7 Å². The number of ether oxygens (including phenoxy) is 1. The molecule has 0 atom stereocenters. The molecule has 0 heterocycles. The second-order valence-corrected chi connectivity index (χ2v) is 3.20. The van der Waals surface area contributed by atoms with E-state index in [1.54, 1.807) is 0 Å². The Morgan fingerprint density at radius 1 is 1.47 bits per heavy atom. The molecule has 0 saturated heterocycles. The molecule has 0 unspecified atom stereocenters. The van der Waals surface area contributed by atoms with Crippen LogP contribution in [-0.2, 0) is 0 Å². The van der Waals surface area contributed by atoms with E-state index in [4.69, 9.17) is 11.2 Å². The Bertz CT molecular complexity index is 328. The number of terminal acetylenes is 1. The van der Waals surface area contributed by atoms with Crippen LogP contribution in [-0.4, -0.2) is 13.2 Å². The fourth-order valence-corrected chi connectivity index (χ4v) is 1.29. The van der Waals surface area contributed by atoms with Gasteiger partial charge in [0.2, 0.25) is 0 Å². The molecule has 15 heavy (non-hydrogen) atoms. The molecule has 0 bridgehead atoms. The normalized spacial score (nSPS) is 9.33. The van der Waals surface area contributed by atoms with E-state index in [1.807, 2.05) is 31.2 Å². The highest BCUT2D eigenvalue weighted by Crippen LogP contribution is 2.17. The summed E-state index contributed by atoms with van der Waals surface area (Å²) >= 11 is 0. The molecule has 0 aliphatic carbocycles. The minimum absolute atomic E-state index is 0.695. The molecule has 0 spiro atoms. The van der Waals surface area contributed by atoms with E-state index in [2.05, 4.69) is 11.2 Å². The van der Waals surface area contributed by atoms with Gasteiger partial charge >= 0.3 is 0 Å². The maximum atomic E-state index is 5.40. The van der Waals surface area contributed by atoms with Gasteiger partial charge in [0.05, 0.1) is 6.61 Å². The van der Waals surface area contributed by atoms with Crippen LogP contribution in [0.3, 0.4) is 0 Å². The fraction of sp³-hybridized carbons (Fsp3) is 0.385. The zero-order valence-corrected chi connectivity index (χ0v) is 9.12. The summed E-state index contributed by atoms with van der Waals surface area (Å²) in [5.41, 5.74) is 1.08. The van der Waals surface area contributed by atoms with Gasteiger partial charge in [-0.15, -0.1) is 12.3 Å². The van der Waals surface area contributed by atoms with Crippen molar-refractivity contribution in [2.24, 2.45) is 0 Å². The average molecular weight is 203 g/mol. The summed E-state index contributed by atoms with van der Waals surface area (Å²) in [6.45, 7) is 3.58. The van der Waals surface area contributed by atoms with E-state index < -0.39 is 0 Å². The molecule has 2 heteroatoms. The number of unbranched alkanes of at least 4 members (excludes halogenated alkanes) is 1. The number of nitrogens with one attached hydrogen (secondary N) is 1. The molecule has 1 N–H and O–H groups in total. The van der Waals surface area contributed by atoms with Crippen molar-refractivity contribution in [1.29, 1.82) is 0 Å². The molecule has 2 nitrogen and oxygen atoms in total. The van der Waals surface area contributed by atoms with Crippen LogP contribution in [0.1, 0.15) is 19.8 Å². The molecule has 0 fully saturated rings. The van der Waals surface area contributed by atoms with E-state index in [0.717, 1.165) is 30.8 Å². The number of benzene rings is 1. The van der Waals surface area contributed by atoms with Gasteiger partial charge in [0.25, 0.3) is 0 Å². The van der Waals surface area contributed by atoms with E-state index >= 15 is 0 Å². The van der Waals surface area contributed by atoms with Gasteiger partial charge in [0.1, 0.15) is 5.75 Å². The quantitative estimate of drug-likeness (QED) is 0.567. The highest BCUT2D eigenvalue weighted by molar-refractivity contribution is 5.48. The van der Waals surface area contributed by atoms with Crippen molar-refractivity contribution in [1.82, 2.24) is 0 Å². The zero-order chi connectivity index (χ0) is 10.9. The zero-order valence-electron chi connectivity index (χ0n) is 9.12. The molecule has 1 aromatic rings. The van der Waals surface area contributed by atoms with Crippen LogP contribution in [0.5, 0.6) is 5.75 Å². The van der Waals surface area contributed by atoms with Crippen LogP contribution < -0.4 is 10.1 Å². The lowest BCUT2D eigenvalue weighted by Gasteiger charge is -2.07. The highest BCUT2D eigenvalue weighted by Gasteiger charge is 1.94. The first kappa shape index (κ1) is 11.5. The molecular formula is C13H17NO. The van der Waals surface area contributed by atoms with Crippen molar-refractivity contribution in [3.05, 3.63) is 24.3 Å². The summed E-state index contributed by atoms with van der Waals surface area (Å²) in [7, 11) is 0. The lowest BCUT2D eigenvalue weighted by Crippen LogP contribution is -2.01. The van der Waals surface area contributed by atoms with Crippen molar-refractivity contribution >= 4 is 5.69 Å². The van der Waals surface area contributed by atoms with E-state index in [0.29, 0.717) is 6.61 Å². The van der Waals surface area contributed by atoms with Gasteiger partial charge < -0.3 is 10.1 Å². The summed E-state index contributed by atoms with van der Waals surface area (Å²) < 4.78 is 5.40. The standard InChI is InChI=1S/C13H17NO/c1-3-5-6-10-14-12-8-7-9-13(11-12)15-4-2/h1,7-9,11,14H,4-6,10H2,2H3. The molecule has 1 rings (SSSR count). The Kier molecular flexibility index (Phi) is 5.18. The van der Waals surface area contributed by atoms with E-state index in [9.17, 15) is 0 Å². The van der Waals surface area contributed by atoms with Gasteiger partial charge in [-0.1, -0.05) is 6.07 Å². The number of anilines is 1. The lowest BCUT2D eigenvalue weighted by atomic mass is 10.2. The van der Waals surface area contributed by atoms with Gasteiger partial charge in [0.15, 0.2) is 0 Å². The van der Waals surface area contributed by atoms with Crippen LogP contribution in [0.2, 0.25) is 0 Å². The summed E-state index contributed by atoms with van der Waals surface area (Å²) in [6, 6.07) is 7.96. The summed E-state index contributed by atoms with van der Waals surface area (Å²) in [5, 5.41) is 3.30. The Balaban J connectivity index is 2.40. The maximum absolute atomic E-state index is 5.40. The summed E-state index contributed by atoms with van der Waals surface area (Å²) in [5.74, 6) is 3.52. The van der Waals surface area contributed by atoms with Crippen LogP contribution >= 0.6 is 0 Å².